The molecule has 0 unspecified atom stereocenters. The van der Waals surface area contributed by atoms with Crippen LogP contribution in [0.2, 0.25) is 0 Å². The van der Waals surface area contributed by atoms with Gasteiger partial charge in [0, 0.05) is 0 Å². The molecule has 0 aromatic heterocycles. The summed E-state index contributed by atoms with van der Waals surface area (Å²) < 4.78 is 39.7. The van der Waals surface area contributed by atoms with Gasteiger partial charge in [-0.3, -0.25) is 0 Å². The molecular weight excluding hydrogens is 219 g/mol. The SMILES string of the molecule is COc1c(C)cc(S(=O)(=O)F)c(C)c1C. The molecule has 1 aromatic carbocycles. The Hall–Kier alpha value is -1.10. The summed E-state index contributed by atoms with van der Waals surface area (Å²) in [7, 11) is -3.16. The van der Waals surface area contributed by atoms with Crippen molar-refractivity contribution in [1.29, 1.82) is 0 Å². The van der Waals surface area contributed by atoms with E-state index in [1.165, 1.54) is 13.2 Å². The summed E-state index contributed by atoms with van der Waals surface area (Å²) in [5.74, 6) is 0.597. The number of hydrogen-bond donors (Lipinski definition) is 0. The van der Waals surface area contributed by atoms with E-state index in [1.807, 2.05) is 0 Å². The summed E-state index contributed by atoms with van der Waals surface area (Å²) in [6.45, 7) is 4.94. The maximum absolute atomic E-state index is 12.9. The predicted octanol–water partition coefficient (Wildman–Crippen LogP) is 2.28. The first-order chi connectivity index (χ1) is 6.79. The first-order valence-electron chi connectivity index (χ1n) is 4.38. The molecule has 15 heavy (non-hydrogen) atoms. The van der Waals surface area contributed by atoms with Crippen LogP contribution in [0.5, 0.6) is 5.75 Å². The number of rotatable bonds is 2. The van der Waals surface area contributed by atoms with Crippen LogP contribution in [0.25, 0.3) is 0 Å². The zero-order valence-corrected chi connectivity index (χ0v) is 9.90. The number of methoxy groups -OCH3 is 1. The van der Waals surface area contributed by atoms with Gasteiger partial charge in [0.2, 0.25) is 0 Å². The number of halogens is 1. The standard InChI is InChI=1S/C10H13FO3S/c1-6-5-9(15(11,12)13)7(2)8(3)10(6)14-4/h5H,1-4H3. The van der Waals surface area contributed by atoms with Crippen molar-refractivity contribution in [2.45, 2.75) is 25.7 Å². The van der Waals surface area contributed by atoms with Gasteiger partial charge in [0.1, 0.15) is 10.6 Å². The van der Waals surface area contributed by atoms with Gasteiger partial charge in [-0.25, -0.2) is 0 Å². The van der Waals surface area contributed by atoms with Gasteiger partial charge in [0.25, 0.3) is 0 Å². The molecule has 3 nitrogen and oxygen atoms in total. The highest BCUT2D eigenvalue weighted by molar-refractivity contribution is 7.86. The van der Waals surface area contributed by atoms with Crippen molar-refractivity contribution in [2.75, 3.05) is 7.11 Å². The summed E-state index contributed by atoms with van der Waals surface area (Å²) in [5.41, 5.74) is 1.64. The first-order valence-corrected chi connectivity index (χ1v) is 5.77. The molecule has 0 aliphatic carbocycles. The van der Waals surface area contributed by atoms with Gasteiger partial charge in [-0.15, -0.1) is 3.89 Å². The lowest BCUT2D eigenvalue weighted by Gasteiger charge is -2.13. The van der Waals surface area contributed by atoms with Crippen LogP contribution in [0.4, 0.5) is 3.89 Å². The fourth-order valence-corrected chi connectivity index (χ4v) is 2.42. The van der Waals surface area contributed by atoms with Gasteiger partial charge in [0.15, 0.2) is 0 Å². The number of hydrogen-bond acceptors (Lipinski definition) is 3. The van der Waals surface area contributed by atoms with Crippen LogP contribution in [0.15, 0.2) is 11.0 Å². The number of aryl methyl sites for hydroxylation is 1. The maximum atomic E-state index is 12.9. The van der Waals surface area contributed by atoms with E-state index >= 15 is 0 Å². The average molecular weight is 232 g/mol. The summed E-state index contributed by atoms with van der Waals surface area (Å²) in [6.07, 6.45) is 0. The summed E-state index contributed by atoms with van der Waals surface area (Å²) >= 11 is 0. The Kier molecular flexibility index (Phi) is 3.04. The van der Waals surface area contributed by atoms with Crippen molar-refractivity contribution in [3.63, 3.8) is 0 Å². The van der Waals surface area contributed by atoms with Gasteiger partial charge in [-0.05, 0) is 43.5 Å². The molecule has 0 radical (unpaired) electrons. The van der Waals surface area contributed by atoms with Crippen LogP contribution in [-0.4, -0.2) is 15.5 Å². The predicted molar refractivity (Wildman–Crippen MR) is 55.5 cm³/mol. The van der Waals surface area contributed by atoms with Crippen molar-refractivity contribution in [1.82, 2.24) is 0 Å². The normalized spacial score (nSPS) is 11.5. The smallest absolute Gasteiger partial charge is 0.332 e. The molecule has 0 amide bonds. The van der Waals surface area contributed by atoms with E-state index in [0.717, 1.165) is 0 Å². The molecule has 1 aromatic rings. The van der Waals surface area contributed by atoms with Crippen LogP contribution in [-0.2, 0) is 10.2 Å². The molecule has 84 valence electrons. The molecule has 0 bridgehead atoms. The minimum atomic E-state index is -4.66. The highest BCUT2D eigenvalue weighted by Gasteiger charge is 2.20. The third kappa shape index (κ3) is 2.12. The molecular formula is C10H13FO3S. The molecule has 1 rings (SSSR count). The van der Waals surface area contributed by atoms with Gasteiger partial charge < -0.3 is 4.74 Å². The molecule has 0 aliphatic heterocycles. The molecule has 0 fully saturated rings. The molecule has 0 aliphatic rings. The van der Waals surface area contributed by atoms with E-state index in [-0.39, 0.29) is 4.90 Å². The van der Waals surface area contributed by atoms with Crippen molar-refractivity contribution in [3.8, 4) is 5.75 Å². The Balaban J connectivity index is 3.62. The van der Waals surface area contributed by atoms with Crippen molar-refractivity contribution in [2.24, 2.45) is 0 Å². The fourth-order valence-electron chi connectivity index (χ4n) is 1.59. The summed E-state index contributed by atoms with van der Waals surface area (Å²) in [5, 5.41) is 0. The van der Waals surface area contributed by atoms with Gasteiger partial charge in [-0.2, -0.15) is 8.42 Å². The second-order valence-corrected chi connectivity index (χ2v) is 4.73. The molecule has 0 spiro atoms. The Bertz CT molecular complexity index is 492. The second-order valence-electron chi connectivity index (χ2n) is 3.41. The van der Waals surface area contributed by atoms with Crippen LogP contribution in [0.1, 0.15) is 16.7 Å². The van der Waals surface area contributed by atoms with Crippen molar-refractivity contribution in [3.05, 3.63) is 22.8 Å². The minimum absolute atomic E-state index is 0.279. The Morgan fingerprint density at radius 1 is 1.20 bits per heavy atom. The fraction of sp³-hybridized carbons (Fsp3) is 0.400. The summed E-state index contributed by atoms with van der Waals surface area (Å²) in [6, 6.07) is 1.29. The van der Waals surface area contributed by atoms with Crippen LogP contribution in [0, 0.1) is 20.8 Å². The lowest BCUT2D eigenvalue weighted by molar-refractivity contribution is 0.407. The number of benzene rings is 1. The van der Waals surface area contributed by atoms with E-state index in [1.54, 1.807) is 20.8 Å². The van der Waals surface area contributed by atoms with Gasteiger partial charge in [-0.1, -0.05) is 0 Å². The van der Waals surface area contributed by atoms with Crippen LogP contribution >= 0.6 is 0 Å². The largest absolute Gasteiger partial charge is 0.496 e. The van der Waals surface area contributed by atoms with E-state index in [9.17, 15) is 12.3 Å². The summed E-state index contributed by atoms with van der Waals surface area (Å²) in [4.78, 5) is -0.279. The van der Waals surface area contributed by atoms with E-state index < -0.39 is 10.2 Å². The van der Waals surface area contributed by atoms with E-state index in [4.69, 9.17) is 4.74 Å². The monoisotopic (exact) mass is 232 g/mol. The van der Waals surface area contributed by atoms with Crippen LogP contribution < -0.4 is 4.74 Å². The third-order valence-electron chi connectivity index (χ3n) is 2.45. The Morgan fingerprint density at radius 3 is 2.13 bits per heavy atom. The Labute approximate surface area is 89.1 Å². The first kappa shape index (κ1) is 12.0. The molecule has 0 atom stereocenters. The minimum Gasteiger partial charge on any atom is -0.496 e. The lowest BCUT2D eigenvalue weighted by atomic mass is 10.1. The lowest BCUT2D eigenvalue weighted by Crippen LogP contribution is -2.02. The zero-order valence-electron chi connectivity index (χ0n) is 9.09. The van der Waals surface area contributed by atoms with Gasteiger partial charge in [0.05, 0.1) is 7.11 Å². The van der Waals surface area contributed by atoms with Gasteiger partial charge >= 0.3 is 10.2 Å². The molecule has 0 saturated carbocycles. The molecule has 0 heterocycles. The topological polar surface area (TPSA) is 43.4 Å². The zero-order chi connectivity index (χ0) is 11.8. The van der Waals surface area contributed by atoms with Crippen molar-refractivity contribution >= 4 is 10.2 Å². The molecule has 0 saturated heterocycles. The van der Waals surface area contributed by atoms with Crippen LogP contribution in [0.3, 0.4) is 0 Å². The van der Waals surface area contributed by atoms with E-state index in [0.29, 0.717) is 22.4 Å². The molecule has 0 N–H and O–H groups in total. The maximum Gasteiger partial charge on any atom is 0.332 e. The third-order valence-corrected chi connectivity index (χ3v) is 3.39. The number of ether oxygens (including phenoxy) is 1. The second kappa shape index (κ2) is 3.81. The van der Waals surface area contributed by atoms with E-state index in [2.05, 4.69) is 0 Å². The quantitative estimate of drug-likeness (QED) is 0.735. The average Bonchev–Trinajstić information content (AvgIpc) is 2.10. The highest BCUT2D eigenvalue weighted by Crippen LogP contribution is 2.31. The molecule has 5 heteroatoms. The highest BCUT2D eigenvalue weighted by atomic mass is 32.3. The Morgan fingerprint density at radius 2 is 1.73 bits per heavy atom. The van der Waals surface area contributed by atoms with Crippen molar-refractivity contribution < 1.29 is 17.0 Å².